The molecule has 0 aliphatic heterocycles. The molecule has 0 aliphatic rings. The lowest BCUT2D eigenvalue weighted by atomic mass is 10.1. The summed E-state index contributed by atoms with van der Waals surface area (Å²) in [5.74, 6) is 1.16. The standard InChI is InChI=1S/C22H21BrN6O6S/c1-32-18-11-24-22(25-12-18)35-10-9-34-21-19(15-4-6-16(23)7-5-15)20(26-14-27-21)29-36(30,31)28-13-17-3-2-8-33-17/h2-8,11-12,14,28H,9-10,13H2,1H3,(H,26,27,29). The fraction of sp³-hybridized carbons (Fsp3) is 0.182. The monoisotopic (exact) mass is 576 g/mol. The van der Waals surface area contributed by atoms with Gasteiger partial charge in [0.1, 0.15) is 25.3 Å². The summed E-state index contributed by atoms with van der Waals surface area (Å²) in [5.41, 5.74) is 0.992. The lowest BCUT2D eigenvalue weighted by Crippen LogP contribution is -2.30. The van der Waals surface area contributed by atoms with Crippen LogP contribution in [0.15, 0.2) is 70.3 Å². The maximum atomic E-state index is 12.7. The summed E-state index contributed by atoms with van der Waals surface area (Å²) < 4.78 is 52.6. The van der Waals surface area contributed by atoms with Crippen molar-refractivity contribution in [3.05, 3.63) is 71.6 Å². The maximum Gasteiger partial charge on any atom is 0.316 e. The van der Waals surface area contributed by atoms with E-state index in [2.05, 4.69) is 45.3 Å². The third kappa shape index (κ3) is 6.90. The number of anilines is 1. The smallest absolute Gasteiger partial charge is 0.316 e. The van der Waals surface area contributed by atoms with Crippen molar-refractivity contribution in [2.24, 2.45) is 0 Å². The molecule has 12 nitrogen and oxygen atoms in total. The lowest BCUT2D eigenvalue weighted by Gasteiger charge is -2.15. The number of aromatic nitrogens is 4. The van der Waals surface area contributed by atoms with Gasteiger partial charge < -0.3 is 18.6 Å². The first-order valence-corrected chi connectivity index (χ1v) is 12.7. The highest BCUT2D eigenvalue weighted by atomic mass is 79.9. The molecular weight excluding hydrogens is 556 g/mol. The first kappa shape index (κ1) is 25.3. The number of ether oxygens (including phenoxy) is 3. The molecule has 2 N–H and O–H groups in total. The molecule has 0 saturated heterocycles. The Balaban J connectivity index is 1.50. The summed E-state index contributed by atoms with van der Waals surface area (Å²) in [7, 11) is -2.48. The van der Waals surface area contributed by atoms with Crippen molar-refractivity contribution in [2.75, 3.05) is 25.0 Å². The number of rotatable bonds is 12. The van der Waals surface area contributed by atoms with Crippen molar-refractivity contribution in [3.63, 3.8) is 0 Å². The molecule has 4 rings (SSSR count). The fourth-order valence-corrected chi connectivity index (χ4v) is 4.01. The molecule has 0 bridgehead atoms. The van der Waals surface area contributed by atoms with Gasteiger partial charge in [-0.25, -0.2) is 9.97 Å². The predicted molar refractivity (Wildman–Crippen MR) is 133 cm³/mol. The van der Waals surface area contributed by atoms with Crippen molar-refractivity contribution in [1.29, 1.82) is 0 Å². The van der Waals surface area contributed by atoms with Gasteiger partial charge in [0.15, 0.2) is 11.6 Å². The van der Waals surface area contributed by atoms with Gasteiger partial charge in [-0.2, -0.15) is 23.1 Å². The molecule has 36 heavy (non-hydrogen) atoms. The Bertz CT molecular complexity index is 1370. The van der Waals surface area contributed by atoms with Gasteiger partial charge in [-0.1, -0.05) is 28.1 Å². The van der Waals surface area contributed by atoms with E-state index in [-0.39, 0.29) is 37.5 Å². The average molecular weight is 577 g/mol. The van der Waals surface area contributed by atoms with Crippen LogP contribution in [0.3, 0.4) is 0 Å². The van der Waals surface area contributed by atoms with E-state index in [1.54, 1.807) is 24.3 Å². The van der Waals surface area contributed by atoms with Gasteiger partial charge in [-0.05, 0) is 29.8 Å². The number of furan rings is 1. The van der Waals surface area contributed by atoms with Crippen molar-refractivity contribution in [1.82, 2.24) is 24.7 Å². The highest BCUT2D eigenvalue weighted by molar-refractivity contribution is 9.10. The molecule has 0 amide bonds. The van der Waals surface area contributed by atoms with Crippen LogP contribution in [-0.2, 0) is 16.8 Å². The molecule has 0 fully saturated rings. The highest BCUT2D eigenvalue weighted by Gasteiger charge is 2.20. The number of nitrogens with one attached hydrogen (secondary N) is 2. The van der Waals surface area contributed by atoms with Gasteiger partial charge in [-0.15, -0.1) is 0 Å². The van der Waals surface area contributed by atoms with E-state index in [9.17, 15) is 8.42 Å². The number of nitrogens with zero attached hydrogens (tertiary/aromatic N) is 4. The highest BCUT2D eigenvalue weighted by Crippen LogP contribution is 2.35. The normalized spacial score (nSPS) is 11.2. The molecule has 0 radical (unpaired) electrons. The molecule has 0 saturated carbocycles. The van der Waals surface area contributed by atoms with Gasteiger partial charge in [0.05, 0.1) is 37.9 Å². The van der Waals surface area contributed by atoms with Crippen molar-refractivity contribution < 1.29 is 27.0 Å². The summed E-state index contributed by atoms with van der Waals surface area (Å²) in [4.78, 5) is 16.4. The van der Waals surface area contributed by atoms with E-state index >= 15 is 0 Å². The zero-order chi connectivity index (χ0) is 25.4. The van der Waals surface area contributed by atoms with Crippen molar-refractivity contribution in [2.45, 2.75) is 6.54 Å². The lowest BCUT2D eigenvalue weighted by molar-refractivity contribution is 0.201. The zero-order valence-corrected chi connectivity index (χ0v) is 21.3. The molecule has 1 aromatic carbocycles. The minimum atomic E-state index is -4.00. The van der Waals surface area contributed by atoms with Gasteiger partial charge in [0.2, 0.25) is 5.88 Å². The van der Waals surface area contributed by atoms with E-state index in [4.69, 9.17) is 18.6 Å². The Labute approximate surface area is 215 Å². The van der Waals surface area contributed by atoms with Crippen LogP contribution in [0.1, 0.15) is 5.76 Å². The Kier molecular flexibility index (Phi) is 8.30. The first-order chi connectivity index (χ1) is 17.4. The molecule has 0 aliphatic carbocycles. The zero-order valence-electron chi connectivity index (χ0n) is 18.9. The molecule has 0 unspecified atom stereocenters. The summed E-state index contributed by atoms with van der Waals surface area (Å²) >= 11 is 3.40. The van der Waals surface area contributed by atoms with Gasteiger partial charge in [0, 0.05) is 4.47 Å². The Hall–Kier alpha value is -3.75. The van der Waals surface area contributed by atoms with E-state index in [0.29, 0.717) is 22.6 Å². The second-order valence-electron chi connectivity index (χ2n) is 7.02. The maximum absolute atomic E-state index is 12.7. The molecule has 0 spiro atoms. The van der Waals surface area contributed by atoms with Crippen LogP contribution >= 0.6 is 15.9 Å². The predicted octanol–water partition coefficient (Wildman–Crippen LogP) is 3.20. The van der Waals surface area contributed by atoms with Crippen molar-refractivity contribution in [3.8, 4) is 28.8 Å². The van der Waals surface area contributed by atoms with Crippen LogP contribution in [0.2, 0.25) is 0 Å². The second-order valence-corrected chi connectivity index (χ2v) is 9.43. The molecule has 3 aromatic heterocycles. The fourth-order valence-electron chi connectivity index (χ4n) is 2.93. The van der Waals surface area contributed by atoms with Crippen LogP contribution in [0.5, 0.6) is 17.6 Å². The molecule has 14 heteroatoms. The summed E-state index contributed by atoms with van der Waals surface area (Å²) in [5, 5.41) is 0. The van der Waals surface area contributed by atoms with Gasteiger partial charge in [-0.3, -0.25) is 4.72 Å². The largest absolute Gasteiger partial charge is 0.494 e. The van der Waals surface area contributed by atoms with E-state index < -0.39 is 10.2 Å². The molecule has 0 atom stereocenters. The minimum absolute atomic E-state index is 0.0326. The van der Waals surface area contributed by atoms with Crippen LogP contribution in [0.4, 0.5) is 5.82 Å². The number of methoxy groups -OCH3 is 1. The Morgan fingerprint density at radius 2 is 1.75 bits per heavy atom. The number of hydrogen-bond acceptors (Lipinski definition) is 10. The summed E-state index contributed by atoms with van der Waals surface area (Å²) in [6, 6.07) is 10.7. The molecular formula is C22H21BrN6O6S. The second kappa shape index (κ2) is 11.8. The van der Waals surface area contributed by atoms with Crippen molar-refractivity contribution >= 4 is 32.0 Å². The SMILES string of the molecule is COc1cnc(OCCOc2ncnc(NS(=O)(=O)NCc3ccco3)c2-c2ccc(Br)cc2)nc1. The topological polar surface area (TPSA) is 151 Å². The Morgan fingerprint density at radius 1 is 1.00 bits per heavy atom. The van der Waals surface area contributed by atoms with Gasteiger partial charge >= 0.3 is 16.2 Å². The minimum Gasteiger partial charge on any atom is -0.494 e. The molecule has 188 valence electrons. The Morgan fingerprint density at radius 3 is 2.44 bits per heavy atom. The van der Waals surface area contributed by atoms with Crippen LogP contribution in [0.25, 0.3) is 11.1 Å². The quantitative estimate of drug-likeness (QED) is 0.240. The molecule has 3 heterocycles. The van der Waals surface area contributed by atoms with Crippen LogP contribution < -0.4 is 23.7 Å². The third-order valence-corrected chi connectivity index (χ3v) is 6.10. The van der Waals surface area contributed by atoms with Crippen LogP contribution in [0, 0.1) is 0 Å². The number of hydrogen-bond donors (Lipinski definition) is 2. The molecule has 4 aromatic rings. The average Bonchev–Trinajstić information content (AvgIpc) is 3.40. The summed E-state index contributed by atoms with van der Waals surface area (Å²) in [6.45, 7) is 0.163. The van der Waals surface area contributed by atoms with E-state index in [1.807, 2.05) is 12.1 Å². The van der Waals surface area contributed by atoms with Gasteiger partial charge in [0.25, 0.3) is 0 Å². The number of halogens is 1. The first-order valence-electron chi connectivity index (χ1n) is 10.5. The van der Waals surface area contributed by atoms with Crippen LogP contribution in [-0.4, -0.2) is 48.7 Å². The number of benzene rings is 1. The van der Waals surface area contributed by atoms with E-state index in [1.165, 1.54) is 32.1 Å². The van der Waals surface area contributed by atoms with E-state index in [0.717, 1.165) is 4.47 Å². The third-order valence-electron chi connectivity index (χ3n) is 4.59. The summed E-state index contributed by atoms with van der Waals surface area (Å²) in [6.07, 6.45) is 5.63.